The Kier molecular flexibility index (Phi) is 2.92. The molecule has 0 radical (unpaired) electrons. The summed E-state index contributed by atoms with van der Waals surface area (Å²) in [5.74, 6) is 0. The van der Waals surface area contributed by atoms with Crippen molar-refractivity contribution in [3.63, 3.8) is 0 Å². The third-order valence-electron chi connectivity index (χ3n) is 1.18. The molecule has 0 atom stereocenters. The molecule has 0 fully saturated rings. The zero-order valence-corrected chi connectivity index (χ0v) is 7.92. The van der Waals surface area contributed by atoms with Crippen LogP contribution in [0.25, 0.3) is 0 Å². The molecule has 2 nitrogen and oxygen atoms in total. The van der Waals surface area contributed by atoms with Crippen molar-refractivity contribution in [3.8, 4) is 6.07 Å². The Morgan fingerprint density at radius 3 is 2.67 bits per heavy atom. The number of nitriles is 1. The summed E-state index contributed by atoms with van der Waals surface area (Å²) >= 11 is 1.79. The predicted molar refractivity (Wildman–Crippen MR) is 46.6 cm³/mol. The highest BCUT2D eigenvalue weighted by atomic mass is 127. The summed E-state index contributed by atoms with van der Waals surface area (Å²) in [4.78, 5) is 3.73. The largest absolute Gasteiger partial charge is 0.264 e. The van der Waals surface area contributed by atoms with E-state index in [4.69, 9.17) is 5.26 Å². The van der Waals surface area contributed by atoms with Crippen LogP contribution in [0.4, 0.5) is 8.78 Å². The topological polar surface area (TPSA) is 36.7 Å². The first-order valence-electron chi connectivity index (χ1n) is 2.99. The molecule has 0 aliphatic carbocycles. The van der Waals surface area contributed by atoms with Gasteiger partial charge in [0.2, 0.25) is 0 Å². The first kappa shape index (κ1) is 9.32. The monoisotopic (exact) mass is 280 g/mol. The molecule has 0 bridgehead atoms. The highest BCUT2D eigenvalue weighted by Gasteiger charge is 2.09. The van der Waals surface area contributed by atoms with E-state index in [9.17, 15) is 8.78 Å². The lowest BCUT2D eigenvalue weighted by Crippen LogP contribution is -1.92. The van der Waals surface area contributed by atoms with Gasteiger partial charge in [0.15, 0.2) is 0 Å². The standard InChI is InChI=1S/C7H3F2IN2/c8-7(9)4-1-5(3-11)12-6(10)2-4/h1-2,7H. The maximum atomic E-state index is 12.1. The summed E-state index contributed by atoms with van der Waals surface area (Å²) in [6.45, 7) is 0. The minimum absolute atomic E-state index is 0.0252. The van der Waals surface area contributed by atoms with Gasteiger partial charge in [0.25, 0.3) is 6.43 Å². The lowest BCUT2D eigenvalue weighted by molar-refractivity contribution is 0.151. The van der Waals surface area contributed by atoms with E-state index in [2.05, 4.69) is 4.98 Å². The summed E-state index contributed by atoms with van der Waals surface area (Å²) in [5.41, 5.74) is -0.136. The number of rotatable bonds is 1. The van der Waals surface area contributed by atoms with E-state index in [1.165, 1.54) is 6.07 Å². The van der Waals surface area contributed by atoms with Gasteiger partial charge >= 0.3 is 0 Å². The molecular formula is C7H3F2IN2. The molecule has 5 heteroatoms. The maximum Gasteiger partial charge on any atom is 0.264 e. The number of hydrogen-bond acceptors (Lipinski definition) is 2. The zero-order valence-electron chi connectivity index (χ0n) is 5.76. The van der Waals surface area contributed by atoms with Crippen molar-refractivity contribution in [2.75, 3.05) is 0 Å². The van der Waals surface area contributed by atoms with Crippen LogP contribution in [0.15, 0.2) is 12.1 Å². The van der Waals surface area contributed by atoms with E-state index in [0.29, 0.717) is 3.70 Å². The van der Waals surface area contributed by atoms with Gasteiger partial charge in [-0.3, -0.25) is 0 Å². The Morgan fingerprint density at radius 1 is 1.50 bits per heavy atom. The first-order chi connectivity index (χ1) is 5.63. The minimum atomic E-state index is -2.55. The fourth-order valence-corrected chi connectivity index (χ4v) is 1.32. The van der Waals surface area contributed by atoms with Gasteiger partial charge in [0, 0.05) is 5.56 Å². The molecule has 62 valence electrons. The third kappa shape index (κ3) is 2.11. The maximum absolute atomic E-state index is 12.1. The van der Waals surface area contributed by atoms with Crippen molar-refractivity contribution in [3.05, 3.63) is 27.1 Å². The van der Waals surface area contributed by atoms with Crippen molar-refractivity contribution < 1.29 is 8.78 Å². The van der Waals surface area contributed by atoms with Gasteiger partial charge in [-0.1, -0.05) is 0 Å². The molecule has 0 N–H and O–H groups in total. The molecule has 1 aromatic heterocycles. The summed E-state index contributed by atoms with van der Waals surface area (Å²) in [5, 5.41) is 8.41. The molecule has 0 amide bonds. The van der Waals surface area contributed by atoms with Crippen molar-refractivity contribution in [1.82, 2.24) is 4.98 Å². The number of pyridine rings is 1. The average molecular weight is 280 g/mol. The molecule has 0 saturated carbocycles. The number of hydrogen-bond donors (Lipinski definition) is 0. The molecule has 0 spiro atoms. The number of aromatic nitrogens is 1. The molecule has 0 aliphatic heterocycles. The summed E-state index contributed by atoms with van der Waals surface area (Å²) < 4.78 is 24.7. The van der Waals surface area contributed by atoms with Crippen LogP contribution in [0.1, 0.15) is 17.7 Å². The van der Waals surface area contributed by atoms with Gasteiger partial charge in [0.05, 0.1) is 0 Å². The highest BCUT2D eigenvalue weighted by molar-refractivity contribution is 14.1. The van der Waals surface area contributed by atoms with Crippen molar-refractivity contribution in [2.45, 2.75) is 6.43 Å². The van der Waals surface area contributed by atoms with Crippen LogP contribution in [-0.4, -0.2) is 4.98 Å². The van der Waals surface area contributed by atoms with Crippen LogP contribution in [-0.2, 0) is 0 Å². The highest BCUT2D eigenvalue weighted by Crippen LogP contribution is 2.20. The number of halogens is 3. The summed E-state index contributed by atoms with van der Waals surface area (Å²) in [7, 11) is 0. The van der Waals surface area contributed by atoms with Gasteiger partial charge in [-0.2, -0.15) is 5.26 Å². The zero-order chi connectivity index (χ0) is 9.14. The van der Waals surface area contributed by atoms with E-state index in [-0.39, 0.29) is 11.3 Å². The normalized spacial score (nSPS) is 9.92. The van der Waals surface area contributed by atoms with E-state index in [0.717, 1.165) is 6.07 Å². The second kappa shape index (κ2) is 3.76. The average Bonchev–Trinajstić information content (AvgIpc) is 2.03. The van der Waals surface area contributed by atoms with E-state index < -0.39 is 6.43 Å². The fourth-order valence-electron chi connectivity index (χ4n) is 0.700. The molecule has 0 unspecified atom stereocenters. The molecular weight excluding hydrogens is 277 g/mol. The van der Waals surface area contributed by atoms with E-state index in [1.807, 2.05) is 0 Å². The van der Waals surface area contributed by atoms with Crippen LogP contribution in [0.3, 0.4) is 0 Å². The predicted octanol–water partition coefficient (Wildman–Crippen LogP) is 2.50. The first-order valence-corrected chi connectivity index (χ1v) is 4.07. The van der Waals surface area contributed by atoms with Crippen LogP contribution in [0, 0.1) is 15.0 Å². The Bertz CT molecular complexity index is 333. The van der Waals surface area contributed by atoms with Crippen LogP contribution in [0.2, 0.25) is 0 Å². The number of nitrogens with zero attached hydrogens (tertiary/aromatic N) is 2. The van der Waals surface area contributed by atoms with Crippen LogP contribution >= 0.6 is 22.6 Å². The Morgan fingerprint density at radius 2 is 2.17 bits per heavy atom. The quantitative estimate of drug-likeness (QED) is 0.585. The summed E-state index contributed by atoms with van der Waals surface area (Å²) in [6.07, 6.45) is -2.55. The van der Waals surface area contributed by atoms with Crippen molar-refractivity contribution in [1.29, 1.82) is 5.26 Å². The molecule has 0 aromatic carbocycles. The molecule has 0 saturated heterocycles. The Hall–Kier alpha value is -0.770. The van der Waals surface area contributed by atoms with Crippen LogP contribution < -0.4 is 0 Å². The molecule has 0 aliphatic rings. The fraction of sp³-hybridized carbons (Fsp3) is 0.143. The van der Waals surface area contributed by atoms with E-state index in [1.54, 1.807) is 28.7 Å². The third-order valence-corrected chi connectivity index (χ3v) is 1.74. The van der Waals surface area contributed by atoms with Crippen molar-refractivity contribution >= 4 is 22.6 Å². The second-order valence-electron chi connectivity index (χ2n) is 2.02. The molecule has 1 heterocycles. The minimum Gasteiger partial charge on any atom is -0.231 e. The second-order valence-corrected chi connectivity index (χ2v) is 3.13. The van der Waals surface area contributed by atoms with Gasteiger partial charge in [-0.05, 0) is 34.7 Å². The molecule has 1 rings (SSSR count). The van der Waals surface area contributed by atoms with Gasteiger partial charge in [-0.25, -0.2) is 13.8 Å². The summed E-state index contributed by atoms with van der Waals surface area (Å²) in [6, 6.07) is 4.06. The smallest absolute Gasteiger partial charge is 0.231 e. The van der Waals surface area contributed by atoms with E-state index >= 15 is 0 Å². The Labute approximate surface area is 81.4 Å². The van der Waals surface area contributed by atoms with Gasteiger partial charge in [0.1, 0.15) is 15.5 Å². The number of alkyl halides is 2. The van der Waals surface area contributed by atoms with Gasteiger partial charge < -0.3 is 0 Å². The molecule has 12 heavy (non-hydrogen) atoms. The lowest BCUT2D eigenvalue weighted by Gasteiger charge is -1.99. The Balaban J connectivity index is 3.17. The van der Waals surface area contributed by atoms with Crippen LogP contribution in [0.5, 0.6) is 0 Å². The SMILES string of the molecule is N#Cc1cc(C(F)F)cc(I)n1. The lowest BCUT2D eigenvalue weighted by atomic mass is 10.2. The van der Waals surface area contributed by atoms with Crippen molar-refractivity contribution in [2.24, 2.45) is 0 Å². The molecule has 1 aromatic rings. The van der Waals surface area contributed by atoms with Gasteiger partial charge in [-0.15, -0.1) is 0 Å².